The van der Waals surface area contributed by atoms with E-state index >= 15 is 0 Å². The molecule has 0 aliphatic heterocycles. The molecule has 0 aliphatic rings. The van der Waals surface area contributed by atoms with Gasteiger partial charge >= 0.3 is 59.7 Å². The van der Waals surface area contributed by atoms with Gasteiger partial charge in [-0.15, -0.1) is 0 Å². The van der Waals surface area contributed by atoms with Gasteiger partial charge in [0, 0.05) is 6.08 Å². The quantitative estimate of drug-likeness (QED) is 0.177. The average molecular weight is 690 g/mol. The molecular formula is C12HF22I. The minimum atomic E-state index is -8.98. The Morgan fingerprint density at radius 1 is 0.371 bits per heavy atom. The van der Waals surface area contributed by atoms with Crippen LogP contribution < -0.4 is 0 Å². The average Bonchev–Trinajstić information content (AvgIpc) is 2.58. The van der Waals surface area contributed by atoms with Crippen molar-refractivity contribution in [3.63, 3.8) is 0 Å². The van der Waals surface area contributed by atoms with Crippen LogP contribution in [-0.4, -0.2) is 59.7 Å². The highest BCUT2D eigenvalue weighted by Gasteiger charge is 2.95. The summed E-state index contributed by atoms with van der Waals surface area (Å²) in [6, 6.07) is 0. The Kier molecular flexibility index (Phi) is 8.22. The number of hydrogen-bond donors (Lipinski definition) is 0. The van der Waals surface area contributed by atoms with Gasteiger partial charge in [0.1, 0.15) is 0 Å². The maximum Gasteiger partial charge on any atom is 0.460 e. The molecule has 0 unspecified atom stereocenters. The normalized spacial score (nSPS) is 17.2. The molecule has 0 N–H and O–H groups in total. The van der Waals surface area contributed by atoms with E-state index in [9.17, 15) is 96.6 Å². The third kappa shape index (κ3) is 4.69. The third-order valence-electron chi connectivity index (χ3n) is 3.71. The molecule has 0 rings (SSSR count). The molecule has 0 atom stereocenters. The van der Waals surface area contributed by atoms with E-state index in [0.29, 0.717) is 0 Å². The lowest BCUT2D eigenvalue weighted by atomic mass is 9.89. The molecule has 0 fully saturated rings. The molecule has 35 heavy (non-hydrogen) atoms. The molecule has 0 aliphatic carbocycles. The molecular weight excluding hydrogens is 689 g/mol. The van der Waals surface area contributed by atoms with E-state index in [0.717, 1.165) is 0 Å². The molecule has 0 radical (unpaired) electrons. The van der Waals surface area contributed by atoms with Crippen LogP contribution in [0.15, 0.2) is 9.66 Å². The van der Waals surface area contributed by atoms with Gasteiger partial charge < -0.3 is 0 Å². The summed E-state index contributed by atoms with van der Waals surface area (Å²) < 4.78 is 279. The van der Waals surface area contributed by atoms with Crippen molar-refractivity contribution in [3.05, 3.63) is 9.66 Å². The second-order valence-electron chi connectivity index (χ2n) is 6.13. The fourth-order valence-electron chi connectivity index (χ4n) is 1.65. The Hall–Kier alpha value is -1.07. The van der Waals surface area contributed by atoms with Gasteiger partial charge in [0.2, 0.25) is 0 Å². The van der Waals surface area contributed by atoms with Gasteiger partial charge in [0.25, 0.3) is 0 Å². The summed E-state index contributed by atoms with van der Waals surface area (Å²) in [7, 11) is 0. The van der Waals surface area contributed by atoms with Crippen LogP contribution in [-0.2, 0) is 0 Å². The summed E-state index contributed by atoms with van der Waals surface area (Å²) in [5.41, 5.74) is 0. The first-order valence-corrected chi connectivity index (χ1v) is 8.25. The summed E-state index contributed by atoms with van der Waals surface area (Å²) in [5, 5.41) is 0. The molecule has 0 nitrogen and oxygen atoms in total. The summed E-state index contributed by atoms with van der Waals surface area (Å²) >= 11 is -0.728. The van der Waals surface area contributed by atoms with Crippen molar-refractivity contribution in [2.75, 3.05) is 0 Å². The van der Waals surface area contributed by atoms with Gasteiger partial charge in [-0.25, -0.2) is 0 Å². The first-order valence-electron chi connectivity index (χ1n) is 7.17. The van der Waals surface area contributed by atoms with Crippen LogP contribution >= 0.6 is 22.6 Å². The highest BCUT2D eigenvalue weighted by Crippen LogP contribution is 2.65. The molecule has 0 bridgehead atoms. The molecule has 0 heterocycles. The number of allylic oxidation sites excluding steroid dienone is 2. The van der Waals surface area contributed by atoms with Crippen LogP contribution in [0.5, 0.6) is 0 Å². The van der Waals surface area contributed by atoms with Crippen molar-refractivity contribution in [1.29, 1.82) is 0 Å². The maximum absolute atomic E-state index is 13.5. The van der Waals surface area contributed by atoms with E-state index in [2.05, 4.69) is 0 Å². The Bertz CT molecular complexity index is 809. The van der Waals surface area contributed by atoms with E-state index < -0.39 is 92.0 Å². The van der Waals surface area contributed by atoms with Crippen LogP contribution in [0.25, 0.3) is 0 Å². The molecule has 0 spiro atoms. The lowest BCUT2D eigenvalue weighted by Crippen LogP contribution is -2.74. The standard InChI is InChI=1S/C12HF22I/c13-3(14,11(29,30)31)1-2(35)4(15,16)5(17,18)6(19,20)7(21,22)8(23,24)9(25,26)10(27,28)12(32,33)34/h1H/b2-1-. The molecule has 0 aromatic heterocycles. The predicted molar refractivity (Wildman–Crippen MR) is 73.8 cm³/mol. The Morgan fingerprint density at radius 2 is 0.629 bits per heavy atom. The molecule has 0 aromatic carbocycles. The highest BCUT2D eigenvalue weighted by molar-refractivity contribution is 14.1. The minimum Gasteiger partial charge on any atom is -0.194 e. The largest absolute Gasteiger partial charge is 0.460 e. The number of rotatable bonds is 8. The topological polar surface area (TPSA) is 0 Å². The second kappa shape index (κ2) is 8.48. The van der Waals surface area contributed by atoms with Crippen LogP contribution in [0.3, 0.4) is 0 Å². The van der Waals surface area contributed by atoms with Gasteiger partial charge in [0.15, 0.2) is 0 Å². The Labute approximate surface area is 189 Å². The van der Waals surface area contributed by atoms with Crippen LogP contribution in [0.1, 0.15) is 0 Å². The zero-order valence-electron chi connectivity index (χ0n) is 14.8. The summed E-state index contributed by atoms with van der Waals surface area (Å²) in [5.74, 6) is -66.4. The van der Waals surface area contributed by atoms with Crippen LogP contribution in [0, 0.1) is 0 Å². The van der Waals surface area contributed by atoms with Crippen molar-refractivity contribution in [3.8, 4) is 0 Å². The zero-order valence-corrected chi connectivity index (χ0v) is 16.9. The molecule has 210 valence electrons. The molecule has 0 saturated carbocycles. The number of halogens is 23. The number of alkyl halides is 22. The van der Waals surface area contributed by atoms with Gasteiger partial charge in [-0.1, -0.05) is 0 Å². The molecule has 0 amide bonds. The highest BCUT2D eigenvalue weighted by atomic mass is 127. The van der Waals surface area contributed by atoms with Crippen molar-refractivity contribution < 1.29 is 96.6 Å². The zero-order chi connectivity index (χ0) is 29.3. The third-order valence-corrected chi connectivity index (χ3v) is 4.70. The van der Waals surface area contributed by atoms with E-state index in [-0.39, 0.29) is 0 Å². The maximum atomic E-state index is 13.5. The monoisotopic (exact) mass is 690 g/mol. The van der Waals surface area contributed by atoms with Crippen molar-refractivity contribution in [1.82, 2.24) is 0 Å². The van der Waals surface area contributed by atoms with Gasteiger partial charge in [-0.3, -0.25) is 0 Å². The van der Waals surface area contributed by atoms with Crippen molar-refractivity contribution in [2.24, 2.45) is 0 Å². The fraction of sp³-hybridized carbons (Fsp3) is 0.833. The number of hydrogen-bond acceptors (Lipinski definition) is 0. The van der Waals surface area contributed by atoms with Crippen LogP contribution in [0.4, 0.5) is 96.6 Å². The molecule has 0 saturated heterocycles. The Morgan fingerprint density at radius 3 is 0.886 bits per heavy atom. The smallest absolute Gasteiger partial charge is 0.194 e. The van der Waals surface area contributed by atoms with Gasteiger partial charge in [-0.05, 0) is 22.6 Å². The second-order valence-corrected chi connectivity index (χ2v) is 7.29. The van der Waals surface area contributed by atoms with E-state index in [1.54, 1.807) is 0 Å². The minimum absolute atomic E-state index is 0.728. The Balaban J connectivity index is 6.97. The summed E-state index contributed by atoms with van der Waals surface area (Å²) in [6.45, 7) is 0. The molecule has 23 heteroatoms. The van der Waals surface area contributed by atoms with Gasteiger partial charge in [-0.2, -0.15) is 96.6 Å². The van der Waals surface area contributed by atoms with Crippen molar-refractivity contribution >= 4 is 22.6 Å². The first kappa shape index (κ1) is 33.9. The lowest BCUT2D eigenvalue weighted by Gasteiger charge is -2.42. The van der Waals surface area contributed by atoms with Crippen LogP contribution in [0.2, 0.25) is 0 Å². The van der Waals surface area contributed by atoms with Gasteiger partial charge in [0.05, 0.1) is 3.58 Å². The summed E-state index contributed by atoms with van der Waals surface area (Å²) in [6.07, 6.45) is -17.2. The molecule has 0 aromatic rings. The van der Waals surface area contributed by atoms with Crippen molar-refractivity contribution in [2.45, 2.75) is 59.7 Å². The van der Waals surface area contributed by atoms with E-state index in [1.807, 2.05) is 0 Å². The van der Waals surface area contributed by atoms with E-state index in [1.165, 1.54) is 0 Å². The fourth-order valence-corrected chi connectivity index (χ4v) is 2.38. The first-order chi connectivity index (χ1) is 14.6. The lowest BCUT2D eigenvalue weighted by molar-refractivity contribution is -0.459. The predicted octanol–water partition coefficient (Wildman–Crippen LogP) is 8.51. The van der Waals surface area contributed by atoms with E-state index in [4.69, 9.17) is 0 Å². The SMILES string of the molecule is FC(F)(F)C(F)(F)/C=C(\I)C(F)(F)C(F)(F)C(F)(F)C(F)(F)C(F)(F)C(F)(F)C(F)(F)C(F)(F)F. The summed E-state index contributed by atoms with van der Waals surface area (Å²) in [4.78, 5) is 0.